The van der Waals surface area contributed by atoms with E-state index in [1.54, 1.807) is 12.1 Å². The highest BCUT2D eigenvalue weighted by Gasteiger charge is 2.37. The number of halogens is 1. The van der Waals surface area contributed by atoms with Crippen LogP contribution in [0.3, 0.4) is 0 Å². The molecule has 0 saturated heterocycles. The first-order chi connectivity index (χ1) is 5.70. The van der Waals surface area contributed by atoms with E-state index in [2.05, 4.69) is 31.0 Å². The lowest BCUT2D eigenvalue weighted by Gasteiger charge is -2.12. The molecule has 2 aliphatic heterocycles. The molecule has 6 heteroatoms. The molecule has 0 fully saturated rings. The van der Waals surface area contributed by atoms with Crippen LogP contribution in [0.2, 0.25) is 0 Å². The van der Waals surface area contributed by atoms with Gasteiger partial charge in [-0.3, -0.25) is 9.80 Å². The molecule has 0 aromatic heterocycles. The standard InChI is InChI=1S/C6H5BrN4O/c1-11-5-3(4(7)10-11)6(12)9-2-8-5/h2-3H,1H3. The number of hydrazone groups is 1. The van der Waals surface area contributed by atoms with Gasteiger partial charge in [0.05, 0.1) is 0 Å². The quantitative estimate of drug-likeness (QED) is 0.596. The van der Waals surface area contributed by atoms with Gasteiger partial charge in [0.15, 0.2) is 5.92 Å². The normalized spacial score (nSPS) is 27.0. The molecular weight excluding hydrogens is 224 g/mol. The Morgan fingerprint density at radius 1 is 1.67 bits per heavy atom. The number of amidine groups is 1. The fourth-order valence-corrected chi connectivity index (χ4v) is 1.77. The molecule has 5 nitrogen and oxygen atoms in total. The smallest absolute Gasteiger partial charge is 0.264 e. The topological polar surface area (TPSA) is 57.4 Å². The Bertz CT molecular complexity index is 332. The third kappa shape index (κ3) is 0.911. The lowest BCUT2D eigenvalue weighted by atomic mass is 10.1. The summed E-state index contributed by atoms with van der Waals surface area (Å²) in [6, 6.07) is 0. The summed E-state index contributed by atoms with van der Waals surface area (Å²) in [5.41, 5.74) is 0. The van der Waals surface area contributed by atoms with Crippen molar-refractivity contribution in [3.8, 4) is 0 Å². The monoisotopic (exact) mass is 228 g/mol. The van der Waals surface area contributed by atoms with Crippen molar-refractivity contribution in [2.24, 2.45) is 21.0 Å². The van der Waals surface area contributed by atoms with Crippen LogP contribution in [0.15, 0.2) is 15.1 Å². The third-order valence-electron chi connectivity index (χ3n) is 1.70. The van der Waals surface area contributed by atoms with E-state index in [1.165, 1.54) is 6.34 Å². The van der Waals surface area contributed by atoms with Gasteiger partial charge in [0.25, 0.3) is 5.91 Å². The van der Waals surface area contributed by atoms with Gasteiger partial charge in [0.2, 0.25) is 0 Å². The maximum Gasteiger partial charge on any atom is 0.264 e. The van der Waals surface area contributed by atoms with Crippen LogP contribution in [0, 0.1) is 5.92 Å². The van der Waals surface area contributed by atoms with Crippen LogP contribution >= 0.6 is 15.9 Å². The lowest BCUT2D eigenvalue weighted by molar-refractivity contribution is -0.118. The number of amides is 1. The summed E-state index contributed by atoms with van der Waals surface area (Å²) in [6.45, 7) is 0. The fraction of sp³-hybridized carbons (Fsp3) is 0.333. The number of aliphatic imine (C=N–C) groups is 2. The minimum Gasteiger partial charge on any atom is -0.271 e. The first-order valence-corrected chi connectivity index (χ1v) is 4.11. The van der Waals surface area contributed by atoms with E-state index in [9.17, 15) is 4.79 Å². The van der Waals surface area contributed by atoms with Crippen molar-refractivity contribution < 1.29 is 4.79 Å². The highest BCUT2D eigenvalue weighted by atomic mass is 79.9. The Labute approximate surface area is 77.0 Å². The highest BCUT2D eigenvalue weighted by molar-refractivity contribution is 9.18. The molecule has 0 aromatic carbocycles. The van der Waals surface area contributed by atoms with Crippen LogP contribution < -0.4 is 0 Å². The van der Waals surface area contributed by atoms with Gasteiger partial charge in [-0.1, -0.05) is 0 Å². The first-order valence-electron chi connectivity index (χ1n) is 3.32. The Morgan fingerprint density at radius 2 is 2.42 bits per heavy atom. The van der Waals surface area contributed by atoms with E-state index in [0.717, 1.165) is 0 Å². The van der Waals surface area contributed by atoms with Crippen LogP contribution in [0.4, 0.5) is 0 Å². The number of carbonyl (C=O) groups excluding carboxylic acids is 1. The number of nitrogens with zero attached hydrogens (tertiary/aromatic N) is 4. The van der Waals surface area contributed by atoms with Gasteiger partial charge in [-0.05, 0) is 15.9 Å². The molecule has 0 bridgehead atoms. The minimum atomic E-state index is -0.417. The zero-order chi connectivity index (χ0) is 8.72. The van der Waals surface area contributed by atoms with Gasteiger partial charge in [-0.25, -0.2) is 9.98 Å². The van der Waals surface area contributed by atoms with Gasteiger partial charge in [-0.15, -0.1) is 0 Å². The molecule has 0 radical (unpaired) electrons. The van der Waals surface area contributed by atoms with Gasteiger partial charge >= 0.3 is 0 Å². The second kappa shape index (κ2) is 2.48. The summed E-state index contributed by atoms with van der Waals surface area (Å²) in [5, 5.41) is 5.59. The molecule has 12 heavy (non-hydrogen) atoms. The predicted octanol–water partition coefficient (Wildman–Crippen LogP) is 0.223. The molecule has 0 aliphatic carbocycles. The zero-order valence-corrected chi connectivity index (χ0v) is 7.82. The number of hydrogen-bond donors (Lipinski definition) is 0. The number of fused-ring (bicyclic) bond motifs is 1. The van der Waals surface area contributed by atoms with Crippen LogP contribution in [0.5, 0.6) is 0 Å². The van der Waals surface area contributed by atoms with Crippen molar-refractivity contribution in [1.29, 1.82) is 0 Å². The first kappa shape index (κ1) is 7.60. The van der Waals surface area contributed by atoms with Gasteiger partial charge in [-0.2, -0.15) is 5.10 Å². The van der Waals surface area contributed by atoms with Crippen molar-refractivity contribution in [3.05, 3.63) is 0 Å². The maximum absolute atomic E-state index is 11.2. The number of rotatable bonds is 0. The van der Waals surface area contributed by atoms with E-state index in [1.807, 2.05) is 0 Å². The van der Waals surface area contributed by atoms with E-state index in [0.29, 0.717) is 10.5 Å². The number of hydrogen-bond acceptors (Lipinski definition) is 4. The van der Waals surface area contributed by atoms with Crippen molar-refractivity contribution in [1.82, 2.24) is 5.01 Å². The third-order valence-corrected chi connectivity index (χ3v) is 2.31. The molecule has 1 unspecified atom stereocenters. The van der Waals surface area contributed by atoms with Crippen molar-refractivity contribution in [2.45, 2.75) is 0 Å². The van der Waals surface area contributed by atoms with E-state index >= 15 is 0 Å². The molecule has 2 rings (SSSR count). The van der Waals surface area contributed by atoms with Crippen molar-refractivity contribution >= 4 is 38.6 Å². The highest BCUT2D eigenvalue weighted by Crippen LogP contribution is 2.22. The van der Waals surface area contributed by atoms with Crippen LogP contribution in [-0.4, -0.2) is 34.8 Å². The minimum absolute atomic E-state index is 0.222. The summed E-state index contributed by atoms with van der Waals surface area (Å²) < 4.78 is 0.575. The molecule has 2 heterocycles. The summed E-state index contributed by atoms with van der Waals surface area (Å²) in [5.74, 6) is -0.0122. The van der Waals surface area contributed by atoms with E-state index in [-0.39, 0.29) is 5.91 Å². The van der Waals surface area contributed by atoms with Gasteiger partial charge in [0, 0.05) is 7.05 Å². The summed E-state index contributed by atoms with van der Waals surface area (Å²) in [6.07, 6.45) is 1.26. The second-order valence-corrected chi connectivity index (χ2v) is 3.26. The van der Waals surface area contributed by atoms with Crippen molar-refractivity contribution in [3.63, 3.8) is 0 Å². The summed E-state index contributed by atoms with van der Waals surface area (Å²) in [4.78, 5) is 18.7. The Balaban J connectivity index is 2.45. The van der Waals surface area contributed by atoms with Crippen LogP contribution in [-0.2, 0) is 4.79 Å². The van der Waals surface area contributed by atoms with E-state index < -0.39 is 5.92 Å². The summed E-state index contributed by atoms with van der Waals surface area (Å²) in [7, 11) is 1.74. The Hall–Kier alpha value is -1.04. The average Bonchev–Trinajstić information content (AvgIpc) is 2.29. The SMILES string of the molecule is CN1N=C(Br)C2C(=O)N=CN=C21. The molecule has 0 N–H and O–H groups in total. The van der Waals surface area contributed by atoms with Gasteiger partial charge in [0.1, 0.15) is 16.8 Å². The fourth-order valence-electron chi connectivity index (χ4n) is 1.14. The Morgan fingerprint density at radius 3 is 3.08 bits per heavy atom. The molecule has 62 valence electrons. The zero-order valence-electron chi connectivity index (χ0n) is 6.23. The summed E-state index contributed by atoms with van der Waals surface area (Å²) >= 11 is 3.19. The number of carbonyl (C=O) groups is 1. The lowest BCUT2D eigenvalue weighted by Crippen LogP contribution is -2.32. The molecule has 2 aliphatic rings. The Kier molecular flexibility index (Phi) is 1.57. The largest absolute Gasteiger partial charge is 0.271 e. The van der Waals surface area contributed by atoms with E-state index in [4.69, 9.17) is 0 Å². The molecular formula is C6H5BrN4O. The molecule has 1 amide bonds. The van der Waals surface area contributed by atoms with Crippen LogP contribution in [0.1, 0.15) is 0 Å². The van der Waals surface area contributed by atoms with Crippen LogP contribution in [0.25, 0.3) is 0 Å². The molecule has 0 saturated carbocycles. The van der Waals surface area contributed by atoms with Crippen molar-refractivity contribution in [2.75, 3.05) is 7.05 Å². The average molecular weight is 229 g/mol. The molecule has 0 aromatic rings. The van der Waals surface area contributed by atoms with Gasteiger partial charge < -0.3 is 0 Å². The maximum atomic E-state index is 11.2. The second-order valence-electron chi connectivity index (χ2n) is 2.45. The molecule has 0 spiro atoms. The molecule has 1 atom stereocenters. The predicted molar refractivity (Wildman–Crippen MR) is 48.5 cm³/mol.